The van der Waals surface area contributed by atoms with Gasteiger partial charge in [0.1, 0.15) is 0 Å². The number of carbonyl (C=O) groups excluding carboxylic acids is 1. The van der Waals surface area contributed by atoms with Crippen LogP contribution in [0.2, 0.25) is 10.0 Å². The van der Waals surface area contributed by atoms with E-state index in [2.05, 4.69) is 5.32 Å². The second-order valence-corrected chi connectivity index (χ2v) is 8.16. The lowest BCUT2D eigenvalue weighted by Crippen LogP contribution is -2.27. The molecule has 2 aromatic carbocycles. The van der Waals surface area contributed by atoms with Crippen LogP contribution < -0.4 is 9.62 Å². The molecule has 0 fully saturated rings. The van der Waals surface area contributed by atoms with Crippen LogP contribution in [0.1, 0.15) is 23.7 Å². The molecule has 0 aliphatic heterocycles. The van der Waals surface area contributed by atoms with Crippen LogP contribution in [0.15, 0.2) is 47.4 Å². The molecule has 8 heteroatoms. The number of hydrogen-bond donors (Lipinski definition) is 1. The summed E-state index contributed by atoms with van der Waals surface area (Å²) in [5.41, 5.74) is 0.656. The summed E-state index contributed by atoms with van der Waals surface area (Å²) >= 11 is 12.0. The summed E-state index contributed by atoms with van der Waals surface area (Å²) in [7, 11) is -2.33. The first kappa shape index (κ1) is 19.6. The van der Waals surface area contributed by atoms with Crippen LogP contribution in [0.4, 0.5) is 5.69 Å². The van der Waals surface area contributed by atoms with Gasteiger partial charge in [-0.3, -0.25) is 9.10 Å². The number of hydrogen-bond acceptors (Lipinski definition) is 3. The molecule has 0 radical (unpaired) electrons. The molecule has 25 heavy (non-hydrogen) atoms. The zero-order chi connectivity index (χ0) is 18.6. The highest BCUT2D eigenvalue weighted by molar-refractivity contribution is 7.92. The van der Waals surface area contributed by atoms with Crippen molar-refractivity contribution < 1.29 is 13.2 Å². The molecule has 0 saturated heterocycles. The molecule has 2 aromatic rings. The summed E-state index contributed by atoms with van der Waals surface area (Å²) in [6, 6.07) is 10.4. The maximum Gasteiger partial charge on any atom is 0.264 e. The van der Waals surface area contributed by atoms with Crippen molar-refractivity contribution in [3.63, 3.8) is 0 Å². The molecular formula is C17H18Cl2N2O3S. The van der Waals surface area contributed by atoms with Crippen molar-refractivity contribution in [2.75, 3.05) is 17.9 Å². The van der Waals surface area contributed by atoms with E-state index in [1.165, 1.54) is 43.4 Å². The van der Waals surface area contributed by atoms with Gasteiger partial charge in [0.2, 0.25) is 0 Å². The van der Waals surface area contributed by atoms with E-state index in [1.54, 1.807) is 6.07 Å². The summed E-state index contributed by atoms with van der Waals surface area (Å²) < 4.78 is 26.5. The number of benzene rings is 2. The molecule has 0 heterocycles. The fourth-order valence-electron chi connectivity index (χ4n) is 2.12. The number of carbonyl (C=O) groups is 1. The zero-order valence-corrected chi connectivity index (χ0v) is 16.1. The molecule has 1 amide bonds. The van der Waals surface area contributed by atoms with Crippen molar-refractivity contribution in [2.24, 2.45) is 0 Å². The first-order chi connectivity index (χ1) is 11.8. The normalized spacial score (nSPS) is 11.2. The highest BCUT2D eigenvalue weighted by Crippen LogP contribution is 2.27. The van der Waals surface area contributed by atoms with E-state index in [0.717, 1.165) is 10.7 Å². The highest BCUT2D eigenvalue weighted by atomic mass is 35.5. The third-order valence-electron chi connectivity index (χ3n) is 3.57. The number of sulfonamides is 1. The molecule has 0 unspecified atom stereocenters. The molecule has 0 spiro atoms. The molecule has 5 nitrogen and oxygen atoms in total. The van der Waals surface area contributed by atoms with Crippen molar-refractivity contribution in [1.82, 2.24) is 5.32 Å². The second kappa shape index (κ2) is 8.08. The quantitative estimate of drug-likeness (QED) is 0.797. The molecule has 0 aliphatic carbocycles. The Kier molecular flexibility index (Phi) is 6.32. The van der Waals surface area contributed by atoms with Crippen molar-refractivity contribution >= 4 is 44.8 Å². The summed E-state index contributed by atoms with van der Waals surface area (Å²) in [6.45, 7) is 2.49. The molecule has 2 rings (SSSR count). The van der Waals surface area contributed by atoms with E-state index in [4.69, 9.17) is 23.2 Å². The van der Waals surface area contributed by atoms with Gasteiger partial charge in [-0.2, -0.15) is 0 Å². The van der Waals surface area contributed by atoms with Gasteiger partial charge in [-0.05, 0) is 48.9 Å². The molecule has 0 atom stereocenters. The topological polar surface area (TPSA) is 66.5 Å². The second-order valence-electron chi connectivity index (χ2n) is 5.35. The predicted octanol–water partition coefficient (Wildman–Crippen LogP) is 3.96. The maximum atomic E-state index is 12.7. The van der Waals surface area contributed by atoms with Gasteiger partial charge in [0, 0.05) is 18.6 Å². The fraction of sp³-hybridized carbons (Fsp3) is 0.235. The lowest BCUT2D eigenvalue weighted by atomic mass is 10.2. The highest BCUT2D eigenvalue weighted by Gasteiger charge is 2.22. The van der Waals surface area contributed by atoms with Crippen LogP contribution in [-0.4, -0.2) is 27.9 Å². The van der Waals surface area contributed by atoms with Crippen LogP contribution >= 0.6 is 23.2 Å². The number of nitrogens with one attached hydrogen (secondary N) is 1. The Labute approximate surface area is 157 Å². The lowest BCUT2D eigenvalue weighted by Gasteiger charge is -2.20. The van der Waals surface area contributed by atoms with Gasteiger partial charge in [0.05, 0.1) is 21.2 Å². The average Bonchev–Trinajstić information content (AvgIpc) is 2.59. The number of rotatable bonds is 6. The largest absolute Gasteiger partial charge is 0.352 e. The molecule has 0 aliphatic rings. The first-order valence-corrected chi connectivity index (χ1v) is 9.79. The van der Waals surface area contributed by atoms with Crippen molar-refractivity contribution in [1.29, 1.82) is 0 Å². The minimum Gasteiger partial charge on any atom is -0.352 e. The molecule has 134 valence electrons. The Morgan fingerprint density at radius 2 is 1.76 bits per heavy atom. The molecule has 1 N–H and O–H groups in total. The summed E-state index contributed by atoms with van der Waals surface area (Å²) in [6.07, 6.45) is 0.809. The Bertz CT molecular complexity index is 868. The maximum absolute atomic E-state index is 12.7. The number of amides is 1. The van der Waals surface area contributed by atoms with Gasteiger partial charge in [0.25, 0.3) is 15.9 Å². The molecular weight excluding hydrogens is 383 g/mol. The summed E-state index contributed by atoms with van der Waals surface area (Å²) in [5, 5.41) is 3.37. The zero-order valence-electron chi connectivity index (χ0n) is 13.8. The average molecular weight is 401 g/mol. The van der Waals surface area contributed by atoms with Crippen LogP contribution in [-0.2, 0) is 10.0 Å². The fourth-order valence-corrected chi connectivity index (χ4v) is 3.70. The van der Waals surface area contributed by atoms with Crippen LogP contribution in [0.3, 0.4) is 0 Å². The van der Waals surface area contributed by atoms with Crippen LogP contribution in [0, 0.1) is 0 Å². The van der Waals surface area contributed by atoms with Crippen molar-refractivity contribution in [3.8, 4) is 0 Å². The number of anilines is 1. The Balaban J connectivity index is 2.30. The SMILES string of the molecule is CCCNC(=O)c1ccc(N(C)S(=O)(=O)c2ccc(Cl)cc2)cc1Cl. The van der Waals surface area contributed by atoms with Crippen LogP contribution in [0.5, 0.6) is 0 Å². The summed E-state index contributed by atoms with van der Waals surface area (Å²) in [4.78, 5) is 12.1. The monoisotopic (exact) mass is 400 g/mol. The number of halogens is 2. The molecule has 0 saturated carbocycles. The smallest absolute Gasteiger partial charge is 0.264 e. The third kappa shape index (κ3) is 4.45. The van der Waals surface area contributed by atoms with Crippen molar-refractivity contribution in [2.45, 2.75) is 18.2 Å². The van der Waals surface area contributed by atoms with E-state index in [-0.39, 0.29) is 15.8 Å². The standard InChI is InChI=1S/C17H18Cl2N2O3S/c1-3-10-20-17(22)15-9-6-13(11-16(15)19)21(2)25(23,24)14-7-4-12(18)5-8-14/h4-9,11H,3,10H2,1-2H3,(H,20,22). The predicted molar refractivity (Wildman–Crippen MR) is 101 cm³/mol. The lowest BCUT2D eigenvalue weighted by molar-refractivity contribution is 0.0954. The van der Waals surface area contributed by atoms with Crippen LogP contribution in [0.25, 0.3) is 0 Å². The van der Waals surface area contributed by atoms with E-state index in [9.17, 15) is 13.2 Å². The minimum absolute atomic E-state index is 0.111. The van der Waals surface area contributed by atoms with E-state index >= 15 is 0 Å². The Morgan fingerprint density at radius 1 is 1.12 bits per heavy atom. The summed E-state index contributed by atoms with van der Waals surface area (Å²) in [5.74, 6) is -0.290. The Hall–Kier alpha value is -1.76. The minimum atomic E-state index is -3.76. The third-order valence-corrected chi connectivity index (χ3v) is 5.93. The first-order valence-electron chi connectivity index (χ1n) is 7.59. The Morgan fingerprint density at radius 3 is 2.32 bits per heavy atom. The molecule has 0 bridgehead atoms. The van der Waals surface area contributed by atoms with Gasteiger partial charge in [-0.25, -0.2) is 8.42 Å². The van der Waals surface area contributed by atoms with E-state index in [1.807, 2.05) is 6.92 Å². The molecule has 0 aromatic heterocycles. The van der Waals surface area contributed by atoms with E-state index in [0.29, 0.717) is 22.8 Å². The van der Waals surface area contributed by atoms with Gasteiger partial charge in [-0.1, -0.05) is 30.1 Å². The van der Waals surface area contributed by atoms with Gasteiger partial charge < -0.3 is 5.32 Å². The number of nitrogens with zero attached hydrogens (tertiary/aromatic N) is 1. The van der Waals surface area contributed by atoms with Gasteiger partial charge in [-0.15, -0.1) is 0 Å². The van der Waals surface area contributed by atoms with E-state index < -0.39 is 10.0 Å². The van der Waals surface area contributed by atoms with Gasteiger partial charge >= 0.3 is 0 Å². The van der Waals surface area contributed by atoms with Gasteiger partial charge in [0.15, 0.2) is 0 Å². The van der Waals surface area contributed by atoms with Crippen molar-refractivity contribution in [3.05, 3.63) is 58.1 Å².